The minimum absolute atomic E-state index is 0.148. The maximum Gasteiger partial charge on any atom is 0.272 e. The Kier molecular flexibility index (Phi) is 6.56. The maximum absolute atomic E-state index is 13.3. The van der Waals surface area contributed by atoms with Crippen molar-refractivity contribution in [2.45, 2.75) is 18.9 Å². The molecule has 0 radical (unpaired) electrons. The van der Waals surface area contributed by atoms with E-state index in [9.17, 15) is 9.59 Å². The first-order chi connectivity index (χ1) is 15.6. The van der Waals surface area contributed by atoms with E-state index in [-0.39, 0.29) is 25.0 Å². The third kappa shape index (κ3) is 4.53. The number of carbonyl (C=O) groups is 2. The molecule has 1 unspecified atom stereocenters. The molecule has 1 atom stereocenters. The van der Waals surface area contributed by atoms with Gasteiger partial charge >= 0.3 is 0 Å². The van der Waals surface area contributed by atoms with Crippen molar-refractivity contribution in [1.29, 1.82) is 0 Å². The standard InChI is InChI=1S/C25H26N4O3/c1-2-27-24(31)25(16-19-8-3-4-10-21(19)20-9-7-12-26-17-20)18-29(14-15-32-25)23(30)22-11-5-6-13-28-22/h3-13,17H,2,14-16,18H2,1H3,(H,27,31). The van der Waals surface area contributed by atoms with Crippen molar-refractivity contribution < 1.29 is 14.3 Å². The fraction of sp³-hybridized carbons (Fsp3) is 0.280. The van der Waals surface area contributed by atoms with Gasteiger partial charge in [-0.1, -0.05) is 36.4 Å². The number of hydrogen-bond acceptors (Lipinski definition) is 5. The molecule has 0 saturated carbocycles. The molecular formula is C25H26N4O3. The zero-order valence-corrected chi connectivity index (χ0v) is 18.0. The highest BCUT2D eigenvalue weighted by atomic mass is 16.5. The van der Waals surface area contributed by atoms with E-state index in [1.54, 1.807) is 41.7 Å². The summed E-state index contributed by atoms with van der Waals surface area (Å²) in [4.78, 5) is 36.4. The average Bonchev–Trinajstić information content (AvgIpc) is 2.85. The minimum atomic E-state index is -1.20. The van der Waals surface area contributed by atoms with E-state index in [1.165, 1.54) is 0 Å². The van der Waals surface area contributed by atoms with Gasteiger partial charge in [-0.3, -0.25) is 19.6 Å². The summed E-state index contributed by atoms with van der Waals surface area (Å²) < 4.78 is 6.15. The summed E-state index contributed by atoms with van der Waals surface area (Å²) in [5, 5.41) is 2.90. The van der Waals surface area contributed by atoms with Crippen LogP contribution in [0, 0.1) is 0 Å². The summed E-state index contributed by atoms with van der Waals surface area (Å²) in [6.45, 7) is 3.17. The molecule has 3 aromatic rings. The lowest BCUT2D eigenvalue weighted by atomic mass is 9.87. The van der Waals surface area contributed by atoms with Crippen LogP contribution in [-0.2, 0) is 16.0 Å². The van der Waals surface area contributed by atoms with Crippen LogP contribution < -0.4 is 5.32 Å². The molecule has 164 valence electrons. The molecule has 2 aromatic heterocycles. The second-order valence-corrected chi connectivity index (χ2v) is 7.72. The van der Waals surface area contributed by atoms with Gasteiger partial charge in [-0.15, -0.1) is 0 Å². The van der Waals surface area contributed by atoms with Crippen LogP contribution in [0.25, 0.3) is 11.1 Å². The van der Waals surface area contributed by atoms with Crippen molar-refractivity contribution >= 4 is 11.8 Å². The Labute approximate surface area is 187 Å². The Morgan fingerprint density at radius 3 is 2.69 bits per heavy atom. The highest BCUT2D eigenvalue weighted by Gasteiger charge is 2.45. The van der Waals surface area contributed by atoms with E-state index in [4.69, 9.17) is 4.74 Å². The fourth-order valence-corrected chi connectivity index (χ4v) is 4.04. The number of nitrogens with zero attached hydrogens (tertiary/aromatic N) is 3. The van der Waals surface area contributed by atoms with E-state index in [0.717, 1.165) is 16.7 Å². The van der Waals surface area contributed by atoms with E-state index < -0.39 is 5.60 Å². The Morgan fingerprint density at radius 2 is 1.94 bits per heavy atom. The highest BCUT2D eigenvalue weighted by Crippen LogP contribution is 2.30. The zero-order valence-electron chi connectivity index (χ0n) is 18.0. The predicted octanol–water partition coefficient (Wildman–Crippen LogP) is 2.73. The van der Waals surface area contributed by atoms with Gasteiger partial charge in [0.2, 0.25) is 0 Å². The summed E-state index contributed by atoms with van der Waals surface area (Å²) in [5.41, 5.74) is 2.07. The van der Waals surface area contributed by atoms with Crippen LogP contribution in [0.5, 0.6) is 0 Å². The molecule has 1 saturated heterocycles. The minimum Gasteiger partial charge on any atom is -0.361 e. The number of morpholine rings is 1. The Hall–Kier alpha value is -3.58. The molecule has 1 fully saturated rings. The molecule has 0 aliphatic carbocycles. The van der Waals surface area contributed by atoms with Crippen LogP contribution in [0.2, 0.25) is 0 Å². The van der Waals surface area contributed by atoms with Crippen molar-refractivity contribution in [3.8, 4) is 11.1 Å². The quantitative estimate of drug-likeness (QED) is 0.650. The second-order valence-electron chi connectivity index (χ2n) is 7.72. The lowest BCUT2D eigenvalue weighted by Crippen LogP contribution is -2.62. The molecular weight excluding hydrogens is 404 g/mol. The summed E-state index contributed by atoms with van der Waals surface area (Å²) in [6.07, 6.45) is 5.45. The van der Waals surface area contributed by atoms with E-state index >= 15 is 0 Å². The molecule has 4 rings (SSSR count). The van der Waals surface area contributed by atoms with Crippen molar-refractivity contribution in [3.05, 3.63) is 84.4 Å². The number of aromatic nitrogens is 2. The third-order valence-electron chi connectivity index (χ3n) is 5.57. The number of rotatable bonds is 6. The van der Waals surface area contributed by atoms with Crippen molar-refractivity contribution in [3.63, 3.8) is 0 Å². The first kappa shape index (κ1) is 21.6. The Bertz CT molecular complexity index is 1070. The molecule has 32 heavy (non-hydrogen) atoms. The van der Waals surface area contributed by atoms with Gasteiger partial charge in [0.25, 0.3) is 11.8 Å². The van der Waals surface area contributed by atoms with Crippen molar-refractivity contribution in [2.24, 2.45) is 0 Å². The van der Waals surface area contributed by atoms with Crippen LogP contribution in [-0.4, -0.2) is 58.5 Å². The molecule has 1 aliphatic rings. The van der Waals surface area contributed by atoms with Crippen LogP contribution in [0.1, 0.15) is 23.0 Å². The smallest absolute Gasteiger partial charge is 0.272 e. The lowest BCUT2D eigenvalue weighted by Gasteiger charge is -2.41. The van der Waals surface area contributed by atoms with E-state index in [0.29, 0.717) is 25.2 Å². The molecule has 2 amide bonds. The monoisotopic (exact) mass is 430 g/mol. The van der Waals surface area contributed by atoms with Crippen molar-refractivity contribution in [2.75, 3.05) is 26.2 Å². The molecule has 7 heteroatoms. The zero-order chi connectivity index (χ0) is 22.4. The first-order valence-electron chi connectivity index (χ1n) is 10.7. The molecule has 3 heterocycles. The average molecular weight is 431 g/mol. The first-order valence-corrected chi connectivity index (χ1v) is 10.7. The van der Waals surface area contributed by atoms with Gasteiger partial charge in [0, 0.05) is 43.7 Å². The van der Waals surface area contributed by atoms with Crippen LogP contribution in [0.15, 0.2) is 73.2 Å². The van der Waals surface area contributed by atoms with E-state index in [2.05, 4.69) is 15.3 Å². The number of ether oxygens (including phenoxy) is 1. The number of likely N-dealkylation sites (N-methyl/N-ethyl adjacent to an activating group) is 1. The van der Waals surface area contributed by atoms with Crippen LogP contribution >= 0.6 is 0 Å². The van der Waals surface area contributed by atoms with Crippen molar-refractivity contribution in [1.82, 2.24) is 20.2 Å². The number of carbonyl (C=O) groups excluding carboxylic acids is 2. The molecule has 1 aromatic carbocycles. The molecule has 7 nitrogen and oxygen atoms in total. The summed E-state index contributed by atoms with van der Waals surface area (Å²) in [6, 6.07) is 17.0. The number of nitrogens with one attached hydrogen (secondary N) is 1. The van der Waals surface area contributed by atoms with Gasteiger partial charge in [0.05, 0.1) is 13.2 Å². The normalized spacial score (nSPS) is 18.2. The number of pyridine rings is 2. The highest BCUT2D eigenvalue weighted by molar-refractivity contribution is 5.94. The summed E-state index contributed by atoms with van der Waals surface area (Å²) >= 11 is 0. The molecule has 1 N–H and O–H groups in total. The van der Waals surface area contributed by atoms with Crippen LogP contribution in [0.3, 0.4) is 0 Å². The predicted molar refractivity (Wildman–Crippen MR) is 121 cm³/mol. The fourth-order valence-electron chi connectivity index (χ4n) is 4.04. The summed E-state index contributed by atoms with van der Waals surface area (Å²) in [7, 11) is 0. The Balaban J connectivity index is 1.68. The summed E-state index contributed by atoms with van der Waals surface area (Å²) in [5.74, 6) is -0.428. The van der Waals surface area contributed by atoms with Gasteiger partial charge in [0.15, 0.2) is 5.60 Å². The van der Waals surface area contributed by atoms with Gasteiger partial charge in [0.1, 0.15) is 5.69 Å². The van der Waals surface area contributed by atoms with Gasteiger partial charge in [-0.05, 0) is 36.2 Å². The lowest BCUT2D eigenvalue weighted by molar-refractivity contribution is -0.157. The van der Waals surface area contributed by atoms with Gasteiger partial charge < -0.3 is 15.0 Å². The number of hydrogen-bond donors (Lipinski definition) is 1. The van der Waals surface area contributed by atoms with Gasteiger partial charge in [-0.2, -0.15) is 0 Å². The number of benzene rings is 1. The molecule has 0 bridgehead atoms. The molecule has 1 aliphatic heterocycles. The SMILES string of the molecule is CCNC(=O)C1(Cc2ccccc2-c2cccnc2)CN(C(=O)c2ccccn2)CCO1. The third-order valence-corrected chi connectivity index (χ3v) is 5.57. The largest absolute Gasteiger partial charge is 0.361 e. The topological polar surface area (TPSA) is 84.4 Å². The molecule has 0 spiro atoms. The van der Waals surface area contributed by atoms with E-state index in [1.807, 2.05) is 43.3 Å². The number of amides is 2. The second kappa shape index (κ2) is 9.70. The Morgan fingerprint density at radius 1 is 1.09 bits per heavy atom. The maximum atomic E-state index is 13.3. The van der Waals surface area contributed by atoms with Crippen LogP contribution in [0.4, 0.5) is 0 Å². The van der Waals surface area contributed by atoms with Gasteiger partial charge in [-0.25, -0.2) is 0 Å².